The van der Waals surface area contributed by atoms with Crippen LogP contribution in [0.5, 0.6) is 5.75 Å². The van der Waals surface area contributed by atoms with Crippen LogP contribution in [0.4, 0.5) is 17.6 Å². The fraction of sp³-hybridized carbons (Fsp3) is 0.538. The van der Waals surface area contributed by atoms with Gasteiger partial charge in [0.15, 0.2) is 0 Å². The first-order chi connectivity index (χ1) is 9.15. The van der Waals surface area contributed by atoms with Crippen molar-refractivity contribution >= 4 is 0 Å². The van der Waals surface area contributed by atoms with Gasteiger partial charge in [-0.3, -0.25) is 0 Å². The van der Waals surface area contributed by atoms with E-state index in [0.717, 1.165) is 6.07 Å². The molecule has 0 amide bonds. The van der Waals surface area contributed by atoms with E-state index in [1.54, 1.807) is 0 Å². The molecule has 0 saturated carbocycles. The van der Waals surface area contributed by atoms with Crippen molar-refractivity contribution in [3.8, 4) is 5.75 Å². The van der Waals surface area contributed by atoms with Crippen molar-refractivity contribution in [1.29, 1.82) is 0 Å². The minimum absolute atomic E-state index is 0.143. The summed E-state index contributed by atoms with van der Waals surface area (Å²) >= 11 is 0. The molecule has 0 spiro atoms. The lowest BCUT2D eigenvalue weighted by Gasteiger charge is -2.24. The average molecular weight is 295 g/mol. The number of benzene rings is 1. The number of hydrogen-bond acceptors (Lipinski definition) is 3. The third-order valence-corrected chi connectivity index (χ3v) is 2.55. The number of rotatable bonds is 6. The zero-order valence-electron chi connectivity index (χ0n) is 11.2. The first-order valence-corrected chi connectivity index (χ1v) is 6.08. The maximum atomic E-state index is 13.1. The van der Waals surface area contributed by atoms with Gasteiger partial charge in [-0.15, -0.1) is 0 Å². The maximum Gasteiger partial charge on any atom is 0.419 e. The van der Waals surface area contributed by atoms with Crippen LogP contribution >= 0.6 is 0 Å². The summed E-state index contributed by atoms with van der Waals surface area (Å²) in [4.78, 5) is 0. The molecule has 0 aliphatic rings. The van der Waals surface area contributed by atoms with Gasteiger partial charge in [-0.2, -0.15) is 13.2 Å². The Morgan fingerprint density at radius 1 is 1.30 bits per heavy atom. The summed E-state index contributed by atoms with van der Waals surface area (Å²) < 4.78 is 55.7. The van der Waals surface area contributed by atoms with E-state index in [0.29, 0.717) is 18.7 Å². The Kier molecular flexibility index (Phi) is 5.35. The first-order valence-electron chi connectivity index (χ1n) is 6.08. The summed E-state index contributed by atoms with van der Waals surface area (Å²) in [6.45, 7) is 4.01. The normalized spacial score (nSPS) is 14.9. The van der Waals surface area contributed by atoms with Gasteiger partial charge in [-0.1, -0.05) is 6.92 Å². The lowest BCUT2D eigenvalue weighted by Crippen LogP contribution is -2.42. The van der Waals surface area contributed by atoms with Crippen molar-refractivity contribution < 1.29 is 27.4 Å². The summed E-state index contributed by atoms with van der Waals surface area (Å²) in [5.41, 5.74) is -2.62. The number of halogens is 4. The molecule has 0 aliphatic carbocycles. The van der Waals surface area contributed by atoms with E-state index < -0.39 is 23.2 Å². The quantitative estimate of drug-likeness (QED) is 0.793. The molecule has 0 bridgehead atoms. The zero-order valence-corrected chi connectivity index (χ0v) is 11.2. The van der Waals surface area contributed by atoms with Crippen molar-refractivity contribution in [2.24, 2.45) is 0 Å². The second-order valence-corrected chi connectivity index (χ2v) is 4.71. The topological polar surface area (TPSA) is 41.5 Å². The van der Waals surface area contributed by atoms with Crippen LogP contribution in [0, 0.1) is 5.82 Å². The minimum atomic E-state index is -4.78. The van der Waals surface area contributed by atoms with Crippen LogP contribution in [0.1, 0.15) is 19.4 Å². The summed E-state index contributed by atoms with van der Waals surface area (Å²) in [5.74, 6) is -1.50. The van der Waals surface area contributed by atoms with Crippen LogP contribution < -0.4 is 10.1 Å². The van der Waals surface area contributed by atoms with Gasteiger partial charge in [0.05, 0.1) is 5.56 Å². The van der Waals surface area contributed by atoms with Crippen molar-refractivity contribution in [3.63, 3.8) is 0 Å². The third-order valence-electron chi connectivity index (χ3n) is 2.55. The Balaban J connectivity index is 2.74. The molecule has 1 aromatic rings. The lowest BCUT2D eigenvalue weighted by atomic mass is 10.1. The molecule has 0 aromatic heterocycles. The predicted octanol–water partition coefficient (Wildman–Crippen LogP) is 2.58. The molecule has 1 aromatic carbocycles. The third kappa shape index (κ3) is 4.97. The molecule has 20 heavy (non-hydrogen) atoms. The van der Waals surface area contributed by atoms with Crippen LogP contribution in [-0.2, 0) is 6.18 Å². The van der Waals surface area contributed by atoms with Gasteiger partial charge in [0, 0.05) is 6.54 Å². The van der Waals surface area contributed by atoms with E-state index in [9.17, 15) is 22.7 Å². The molecule has 0 heterocycles. The highest BCUT2D eigenvalue weighted by molar-refractivity contribution is 5.31. The lowest BCUT2D eigenvalue weighted by molar-refractivity contribution is -0.140. The molecule has 7 heteroatoms. The summed E-state index contributed by atoms with van der Waals surface area (Å²) in [5, 5.41) is 12.8. The molecule has 114 valence electrons. The van der Waals surface area contributed by atoms with Crippen LogP contribution in [0.15, 0.2) is 18.2 Å². The summed E-state index contributed by atoms with van der Waals surface area (Å²) in [6.07, 6.45) is -4.78. The van der Waals surface area contributed by atoms with Gasteiger partial charge in [0.1, 0.15) is 23.8 Å². The molecule has 0 radical (unpaired) electrons. The molecular formula is C13H17F4NO2. The molecule has 1 rings (SSSR count). The van der Waals surface area contributed by atoms with Gasteiger partial charge in [-0.25, -0.2) is 4.39 Å². The number of hydrogen-bond donors (Lipinski definition) is 2. The fourth-order valence-electron chi connectivity index (χ4n) is 1.50. The van der Waals surface area contributed by atoms with Crippen LogP contribution in [0.25, 0.3) is 0 Å². The minimum Gasteiger partial charge on any atom is -0.491 e. The van der Waals surface area contributed by atoms with Crippen LogP contribution in [0.3, 0.4) is 0 Å². The van der Waals surface area contributed by atoms with Gasteiger partial charge < -0.3 is 15.2 Å². The fourth-order valence-corrected chi connectivity index (χ4v) is 1.50. The number of likely N-dealkylation sites (N-methyl/N-ethyl adjacent to an activating group) is 1. The van der Waals surface area contributed by atoms with E-state index in [2.05, 4.69) is 5.32 Å². The maximum absolute atomic E-state index is 13.1. The molecule has 1 atom stereocenters. The molecule has 0 fully saturated rings. The Morgan fingerprint density at radius 2 is 1.95 bits per heavy atom. The average Bonchev–Trinajstić information content (AvgIpc) is 2.34. The monoisotopic (exact) mass is 295 g/mol. The second kappa shape index (κ2) is 6.41. The Morgan fingerprint density at radius 3 is 2.50 bits per heavy atom. The van der Waals surface area contributed by atoms with E-state index in [-0.39, 0.29) is 18.9 Å². The first kappa shape index (κ1) is 16.7. The van der Waals surface area contributed by atoms with Gasteiger partial charge in [0.2, 0.25) is 0 Å². The number of alkyl halides is 3. The highest BCUT2D eigenvalue weighted by atomic mass is 19.4. The van der Waals surface area contributed by atoms with E-state index in [1.807, 2.05) is 6.92 Å². The second-order valence-electron chi connectivity index (χ2n) is 4.71. The molecule has 2 N–H and O–H groups in total. The Hall–Kier alpha value is -1.34. The molecule has 1 unspecified atom stereocenters. The van der Waals surface area contributed by atoms with Gasteiger partial charge in [0.25, 0.3) is 0 Å². The van der Waals surface area contributed by atoms with Crippen molar-refractivity contribution in [3.05, 3.63) is 29.6 Å². The highest BCUT2D eigenvalue weighted by Gasteiger charge is 2.34. The van der Waals surface area contributed by atoms with Crippen molar-refractivity contribution in [1.82, 2.24) is 5.32 Å². The molecule has 0 saturated heterocycles. The molecule has 3 nitrogen and oxygen atoms in total. The number of ether oxygens (including phenoxy) is 1. The Labute approximate surface area is 114 Å². The van der Waals surface area contributed by atoms with Gasteiger partial charge >= 0.3 is 6.18 Å². The Bertz CT molecular complexity index is 446. The van der Waals surface area contributed by atoms with E-state index in [4.69, 9.17) is 4.74 Å². The number of nitrogens with one attached hydrogen (secondary N) is 1. The van der Waals surface area contributed by atoms with Crippen molar-refractivity contribution in [2.45, 2.75) is 25.6 Å². The largest absolute Gasteiger partial charge is 0.491 e. The van der Waals surface area contributed by atoms with E-state index in [1.165, 1.54) is 6.92 Å². The zero-order chi connectivity index (χ0) is 15.4. The summed E-state index contributed by atoms with van der Waals surface area (Å²) in [6, 6.07) is 2.36. The molecular weight excluding hydrogens is 278 g/mol. The summed E-state index contributed by atoms with van der Waals surface area (Å²) in [7, 11) is 0. The smallest absolute Gasteiger partial charge is 0.419 e. The van der Waals surface area contributed by atoms with Crippen LogP contribution in [-0.4, -0.2) is 30.4 Å². The SMILES string of the molecule is CCNCC(C)(O)COc1ccc(F)c(C(F)(F)F)c1. The highest BCUT2D eigenvalue weighted by Crippen LogP contribution is 2.33. The van der Waals surface area contributed by atoms with Gasteiger partial charge in [-0.05, 0) is 31.7 Å². The van der Waals surface area contributed by atoms with E-state index >= 15 is 0 Å². The standard InChI is InChI=1S/C13H17F4NO2/c1-3-18-7-12(2,19)8-20-9-4-5-11(14)10(6-9)13(15,16)17/h4-6,18-19H,3,7-8H2,1-2H3. The van der Waals surface area contributed by atoms with Crippen LogP contribution in [0.2, 0.25) is 0 Å². The molecule has 0 aliphatic heterocycles. The predicted molar refractivity (Wildman–Crippen MR) is 66.1 cm³/mol. The van der Waals surface area contributed by atoms with Crippen molar-refractivity contribution in [2.75, 3.05) is 19.7 Å². The number of aliphatic hydroxyl groups is 1.